The summed E-state index contributed by atoms with van der Waals surface area (Å²) in [4.78, 5) is 34.1. The van der Waals surface area contributed by atoms with Crippen molar-refractivity contribution in [2.45, 2.75) is 46.6 Å². The quantitative estimate of drug-likeness (QED) is 0.606. The number of hydrogen-bond donors (Lipinski definition) is 3. The van der Waals surface area contributed by atoms with E-state index in [-0.39, 0.29) is 18.4 Å². The molecular formula is C14H27N3O4. The maximum absolute atomic E-state index is 11.4. The van der Waals surface area contributed by atoms with E-state index in [1.807, 2.05) is 13.8 Å². The highest BCUT2D eigenvalue weighted by Crippen LogP contribution is 2.05. The average molecular weight is 301 g/mol. The van der Waals surface area contributed by atoms with Gasteiger partial charge in [-0.2, -0.15) is 0 Å². The molecule has 0 fully saturated rings. The minimum absolute atomic E-state index is 0.0360. The lowest BCUT2D eigenvalue weighted by Gasteiger charge is -2.19. The minimum atomic E-state index is -0.636. The fraction of sp³-hybridized carbons (Fsp3) is 0.786. The van der Waals surface area contributed by atoms with Crippen molar-refractivity contribution in [3.05, 3.63) is 0 Å². The van der Waals surface area contributed by atoms with E-state index in [2.05, 4.69) is 16.0 Å². The fourth-order valence-corrected chi connectivity index (χ4v) is 1.38. The largest absolute Gasteiger partial charge is 0.444 e. The Labute approximate surface area is 126 Å². The van der Waals surface area contributed by atoms with E-state index >= 15 is 0 Å². The molecule has 0 aliphatic carbocycles. The molecule has 0 saturated carbocycles. The van der Waals surface area contributed by atoms with E-state index in [0.29, 0.717) is 25.4 Å². The smallest absolute Gasteiger partial charge is 0.408 e. The van der Waals surface area contributed by atoms with Crippen molar-refractivity contribution >= 4 is 17.9 Å². The second-order valence-electron chi connectivity index (χ2n) is 6.15. The van der Waals surface area contributed by atoms with Gasteiger partial charge in [0.05, 0.1) is 6.54 Å². The lowest BCUT2D eigenvalue weighted by Crippen LogP contribution is -2.42. The molecule has 0 aliphatic heterocycles. The van der Waals surface area contributed by atoms with Gasteiger partial charge in [-0.3, -0.25) is 9.59 Å². The third kappa shape index (κ3) is 13.0. The van der Waals surface area contributed by atoms with Gasteiger partial charge >= 0.3 is 6.09 Å². The summed E-state index contributed by atoms with van der Waals surface area (Å²) in [5, 5.41) is 7.64. The maximum atomic E-state index is 11.4. The first-order valence-electron chi connectivity index (χ1n) is 7.10. The molecule has 21 heavy (non-hydrogen) atoms. The first-order chi connectivity index (χ1) is 9.60. The Bertz CT molecular complexity index is 362. The molecule has 0 saturated heterocycles. The molecule has 0 spiro atoms. The van der Waals surface area contributed by atoms with Crippen LogP contribution in [0.15, 0.2) is 0 Å². The van der Waals surface area contributed by atoms with Crippen molar-refractivity contribution in [3.8, 4) is 0 Å². The Kier molecular flexibility index (Phi) is 8.42. The molecule has 0 atom stereocenters. The number of nitrogens with one attached hydrogen (secondary N) is 3. The molecule has 0 rings (SSSR count). The predicted octanol–water partition coefficient (Wildman–Crippen LogP) is 0.790. The molecule has 0 heterocycles. The SMILES string of the molecule is CC(C)CC(=O)NCCNC(=O)CNC(=O)OC(C)(C)C. The molecule has 7 nitrogen and oxygen atoms in total. The van der Waals surface area contributed by atoms with E-state index in [4.69, 9.17) is 4.74 Å². The number of ether oxygens (including phenoxy) is 1. The fourth-order valence-electron chi connectivity index (χ4n) is 1.38. The second-order valence-corrected chi connectivity index (χ2v) is 6.15. The van der Waals surface area contributed by atoms with Crippen LogP contribution in [0.1, 0.15) is 41.0 Å². The summed E-state index contributed by atoms with van der Waals surface area (Å²) < 4.78 is 5.00. The molecule has 0 aromatic rings. The van der Waals surface area contributed by atoms with Crippen LogP contribution in [0, 0.1) is 5.92 Å². The van der Waals surface area contributed by atoms with Gasteiger partial charge in [0, 0.05) is 19.5 Å². The zero-order valence-electron chi connectivity index (χ0n) is 13.5. The van der Waals surface area contributed by atoms with E-state index in [9.17, 15) is 14.4 Å². The summed E-state index contributed by atoms with van der Waals surface area (Å²) in [5.74, 6) is -0.0669. The minimum Gasteiger partial charge on any atom is -0.444 e. The zero-order valence-corrected chi connectivity index (χ0v) is 13.5. The third-order valence-electron chi connectivity index (χ3n) is 2.16. The van der Waals surface area contributed by atoms with Crippen molar-refractivity contribution in [3.63, 3.8) is 0 Å². The van der Waals surface area contributed by atoms with Crippen LogP contribution in [-0.4, -0.2) is 43.1 Å². The first-order valence-corrected chi connectivity index (χ1v) is 7.10. The predicted molar refractivity (Wildman–Crippen MR) is 79.7 cm³/mol. The van der Waals surface area contributed by atoms with Gasteiger partial charge in [-0.15, -0.1) is 0 Å². The summed E-state index contributed by atoms with van der Waals surface area (Å²) in [7, 11) is 0. The Morgan fingerprint density at radius 1 is 0.952 bits per heavy atom. The Hall–Kier alpha value is -1.79. The van der Waals surface area contributed by atoms with Crippen molar-refractivity contribution in [1.82, 2.24) is 16.0 Å². The van der Waals surface area contributed by atoms with Crippen LogP contribution in [0.5, 0.6) is 0 Å². The zero-order chi connectivity index (χ0) is 16.5. The number of carbonyl (C=O) groups excluding carboxylic acids is 3. The lowest BCUT2D eigenvalue weighted by molar-refractivity contribution is -0.123. The van der Waals surface area contributed by atoms with Crippen molar-refractivity contribution in [2.24, 2.45) is 5.92 Å². The topological polar surface area (TPSA) is 96.5 Å². The number of carbonyl (C=O) groups is 3. The van der Waals surface area contributed by atoms with Gasteiger partial charge < -0.3 is 20.7 Å². The summed E-state index contributed by atoms with van der Waals surface area (Å²) in [6.07, 6.45) is -0.170. The second kappa shape index (κ2) is 9.20. The number of amides is 3. The molecule has 122 valence electrons. The van der Waals surface area contributed by atoms with Crippen LogP contribution in [-0.2, 0) is 14.3 Å². The van der Waals surface area contributed by atoms with Crippen molar-refractivity contribution in [1.29, 1.82) is 0 Å². The van der Waals surface area contributed by atoms with Crippen LogP contribution in [0.2, 0.25) is 0 Å². The van der Waals surface area contributed by atoms with Crippen LogP contribution in [0.3, 0.4) is 0 Å². The normalized spacial score (nSPS) is 11.0. The summed E-state index contributed by atoms with van der Waals surface area (Å²) in [5.41, 5.74) is -0.596. The van der Waals surface area contributed by atoms with E-state index in [1.54, 1.807) is 20.8 Å². The van der Waals surface area contributed by atoms with Gasteiger partial charge in [0.25, 0.3) is 0 Å². The summed E-state index contributed by atoms with van der Waals surface area (Å²) >= 11 is 0. The monoisotopic (exact) mass is 301 g/mol. The number of rotatable bonds is 7. The average Bonchev–Trinajstić information content (AvgIpc) is 2.29. The molecule has 3 amide bonds. The van der Waals surface area contributed by atoms with Crippen LogP contribution < -0.4 is 16.0 Å². The lowest BCUT2D eigenvalue weighted by atomic mass is 10.1. The van der Waals surface area contributed by atoms with Gasteiger partial charge in [-0.1, -0.05) is 13.8 Å². The number of hydrogen-bond acceptors (Lipinski definition) is 4. The molecular weight excluding hydrogens is 274 g/mol. The maximum Gasteiger partial charge on any atom is 0.408 e. The Morgan fingerprint density at radius 3 is 1.95 bits per heavy atom. The Morgan fingerprint density at radius 2 is 1.48 bits per heavy atom. The summed E-state index contributed by atoms with van der Waals surface area (Å²) in [6, 6.07) is 0. The van der Waals surface area contributed by atoms with Gasteiger partial charge in [0.2, 0.25) is 11.8 Å². The Balaban J connectivity index is 3.68. The molecule has 3 N–H and O–H groups in total. The van der Waals surface area contributed by atoms with E-state index in [0.717, 1.165) is 0 Å². The van der Waals surface area contributed by atoms with Gasteiger partial charge in [0.1, 0.15) is 5.60 Å². The molecule has 0 unspecified atom stereocenters. The highest BCUT2D eigenvalue weighted by atomic mass is 16.6. The van der Waals surface area contributed by atoms with E-state index < -0.39 is 11.7 Å². The van der Waals surface area contributed by atoms with Crippen molar-refractivity contribution in [2.75, 3.05) is 19.6 Å². The van der Waals surface area contributed by atoms with Gasteiger partial charge in [-0.25, -0.2) is 4.79 Å². The highest BCUT2D eigenvalue weighted by Gasteiger charge is 2.16. The molecule has 7 heteroatoms. The first kappa shape index (κ1) is 19.2. The third-order valence-corrected chi connectivity index (χ3v) is 2.16. The van der Waals surface area contributed by atoms with E-state index in [1.165, 1.54) is 0 Å². The van der Waals surface area contributed by atoms with Crippen LogP contribution in [0.4, 0.5) is 4.79 Å². The van der Waals surface area contributed by atoms with Crippen LogP contribution in [0.25, 0.3) is 0 Å². The number of alkyl carbamates (subject to hydrolysis) is 1. The molecule has 0 aromatic carbocycles. The van der Waals surface area contributed by atoms with Gasteiger partial charge in [0.15, 0.2) is 0 Å². The molecule has 0 bridgehead atoms. The van der Waals surface area contributed by atoms with Crippen molar-refractivity contribution < 1.29 is 19.1 Å². The van der Waals surface area contributed by atoms with Crippen LogP contribution >= 0.6 is 0 Å². The standard InChI is InChI=1S/C14H27N3O4/c1-10(2)8-11(18)15-6-7-16-12(19)9-17-13(20)21-14(3,4)5/h10H,6-9H2,1-5H3,(H,15,18)(H,16,19)(H,17,20). The molecule has 0 aromatic heterocycles. The molecule has 0 aliphatic rings. The molecule has 0 radical (unpaired) electrons. The highest BCUT2D eigenvalue weighted by molar-refractivity contribution is 5.82. The van der Waals surface area contributed by atoms with Gasteiger partial charge in [-0.05, 0) is 26.7 Å². The summed E-state index contributed by atoms with van der Waals surface area (Å²) in [6.45, 7) is 9.68.